The van der Waals surface area contributed by atoms with Crippen LogP contribution in [-0.2, 0) is 10.2 Å². The van der Waals surface area contributed by atoms with Crippen LogP contribution >= 0.6 is 11.6 Å². The third-order valence-electron chi connectivity index (χ3n) is 4.97. The Hall–Kier alpha value is -2.05. The zero-order valence-electron chi connectivity index (χ0n) is 15.5. The number of hydrogen-bond donors (Lipinski definition) is 1. The van der Waals surface area contributed by atoms with Crippen molar-refractivity contribution >= 4 is 17.5 Å². The first-order chi connectivity index (χ1) is 12.9. The van der Waals surface area contributed by atoms with Gasteiger partial charge in [0.05, 0.1) is 11.2 Å². The van der Waals surface area contributed by atoms with Gasteiger partial charge in [-0.2, -0.15) is 0 Å². The Bertz CT molecular complexity index is 823. The van der Waals surface area contributed by atoms with Crippen molar-refractivity contribution in [1.29, 1.82) is 0 Å². The lowest BCUT2D eigenvalue weighted by Gasteiger charge is -2.38. The molecule has 1 saturated heterocycles. The molecule has 27 heavy (non-hydrogen) atoms. The summed E-state index contributed by atoms with van der Waals surface area (Å²) in [5.41, 5.74) is 0.649. The van der Waals surface area contributed by atoms with Crippen molar-refractivity contribution in [3.8, 4) is 0 Å². The summed E-state index contributed by atoms with van der Waals surface area (Å²) < 4.78 is 19.3. The Labute approximate surface area is 163 Å². The molecule has 0 bridgehead atoms. The maximum Gasteiger partial charge on any atom is 0.271 e. The molecule has 0 spiro atoms. The molecular formula is C20H23ClFN3O2. The number of carbonyl (C=O) groups excluding carboxylic acids is 1. The number of ether oxygens (including phenoxy) is 1. The zero-order chi connectivity index (χ0) is 19.4. The summed E-state index contributed by atoms with van der Waals surface area (Å²) in [6.45, 7) is 5.39. The van der Waals surface area contributed by atoms with E-state index in [4.69, 9.17) is 16.3 Å². The molecule has 0 aliphatic carbocycles. The molecule has 1 amide bonds. The van der Waals surface area contributed by atoms with E-state index in [0.717, 1.165) is 5.56 Å². The van der Waals surface area contributed by atoms with E-state index in [1.54, 1.807) is 6.07 Å². The minimum absolute atomic E-state index is 0.0861. The fourth-order valence-corrected chi connectivity index (χ4v) is 3.48. The lowest BCUT2D eigenvalue weighted by Crippen LogP contribution is -2.45. The van der Waals surface area contributed by atoms with Gasteiger partial charge in [-0.25, -0.2) is 14.4 Å². The Morgan fingerprint density at radius 1 is 1.37 bits per heavy atom. The number of amides is 1. The van der Waals surface area contributed by atoms with Crippen LogP contribution in [0.15, 0.2) is 30.5 Å². The van der Waals surface area contributed by atoms with E-state index in [-0.39, 0.29) is 33.8 Å². The van der Waals surface area contributed by atoms with E-state index < -0.39 is 0 Å². The smallest absolute Gasteiger partial charge is 0.271 e. The highest BCUT2D eigenvalue weighted by atomic mass is 35.5. The van der Waals surface area contributed by atoms with Crippen LogP contribution in [0.5, 0.6) is 0 Å². The predicted molar refractivity (Wildman–Crippen MR) is 102 cm³/mol. The standard InChI is InChI=1S/C20H23ClFN3O2/c1-13(2)18-23-11-16(21)17(25-18)19(26)24-12-20(6-8-27-9-7-20)14-4-3-5-15(22)10-14/h3-5,10-11,13H,6-9,12H2,1-2H3,(H,24,26). The van der Waals surface area contributed by atoms with Crippen molar-refractivity contribution in [2.24, 2.45) is 0 Å². The van der Waals surface area contributed by atoms with Crippen LogP contribution in [-0.4, -0.2) is 35.6 Å². The second kappa shape index (κ2) is 8.31. The molecule has 0 saturated carbocycles. The first-order valence-corrected chi connectivity index (χ1v) is 9.43. The summed E-state index contributed by atoms with van der Waals surface area (Å²) in [5.74, 6) is 0.00934. The summed E-state index contributed by atoms with van der Waals surface area (Å²) >= 11 is 6.13. The van der Waals surface area contributed by atoms with Gasteiger partial charge in [0.25, 0.3) is 5.91 Å². The largest absolute Gasteiger partial charge is 0.381 e. The topological polar surface area (TPSA) is 64.1 Å². The summed E-state index contributed by atoms with van der Waals surface area (Å²) in [7, 11) is 0. The fourth-order valence-electron chi connectivity index (χ4n) is 3.30. The van der Waals surface area contributed by atoms with Gasteiger partial charge < -0.3 is 10.1 Å². The van der Waals surface area contributed by atoms with E-state index in [9.17, 15) is 9.18 Å². The van der Waals surface area contributed by atoms with Crippen LogP contribution < -0.4 is 5.32 Å². The third kappa shape index (κ3) is 4.45. The summed E-state index contributed by atoms with van der Waals surface area (Å²) in [6, 6.07) is 6.55. The first kappa shape index (κ1) is 19.7. The number of carbonyl (C=O) groups is 1. The number of rotatable bonds is 5. The molecule has 1 N–H and O–H groups in total. The minimum Gasteiger partial charge on any atom is -0.381 e. The van der Waals surface area contributed by atoms with Crippen LogP contribution in [0.25, 0.3) is 0 Å². The molecular weight excluding hydrogens is 369 g/mol. The highest BCUT2D eigenvalue weighted by molar-refractivity contribution is 6.33. The average Bonchev–Trinajstić information content (AvgIpc) is 2.67. The van der Waals surface area contributed by atoms with E-state index in [1.807, 2.05) is 19.9 Å². The van der Waals surface area contributed by atoms with Crippen molar-refractivity contribution in [3.63, 3.8) is 0 Å². The van der Waals surface area contributed by atoms with Crippen molar-refractivity contribution in [3.05, 3.63) is 58.4 Å². The third-order valence-corrected chi connectivity index (χ3v) is 5.25. The number of hydrogen-bond acceptors (Lipinski definition) is 4. The molecule has 1 aliphatic rings. The number of halogens is 2. The Morgan fingerprint density at radius 2 is 2.11 bits per heavy atom. The van der Waals surface area contributed by atoms with Crippen LogP contribution in [0.3, 0.4) is 0 Å². The first-order valence-electron chi connectivity index (χ1n) is 9.06. The van der Waals surface area contributed by atoms with Crippen LogP contribution in [0.4, 0.5) is 4.39 Å². The second-order valence-corrected chi connectivity index (χ2v) is 7.57. The molecule has 1 aromatic heterocycles. The Balaban J connectivity index is 1.82. The van der Waals surface area contributed by atoms with Crippen LogP contribution in [0.2, 0.25) is 5.02 Å². The fraction of sp³-hybridized carbons (Fsp3) is 0.450. The molecule has 0 radical (unpaired) electrons. The molecule has 2 aromatic rings. The van der Waals surface area contributed by atoms with Crippen molar-refractivity contribution in [2.75, 3.05) is 19.8 Å². The molecule has 1 fully saturated rings. The number of benzene rings is 1. The average molecular weight is 392 g/mol. The van der Waals surface area contributed by atoms with Gasteiger partial charge in [0.15, 0.2) is 0 Å². The molecule has 3 rings (SSSR count). The monoisotopic (exact) mass is 391 g/mol. The predicted octanol–water partition coefficient (Wildman–Crippen LogP) is 3.87. The Morgan fingerprint density at radius 3 is 2.78 bits per heavy atom. The van der Waals surface area contributed by atoms with Crippen molar-refractivity contribution in [1.82, 2.24) is 15.3 Å². The highest BCUT2D eigenvalue weighted by Crippen LogP contribution is 2.34. The van der Waals surface area contributed by atoms with Gasteiger partial charge in [0.2, 0.25) is 0 Å². The van der Waals surface area contributed by atoms with Crippen LogP contribution in [0.1, 0.15) is 54.5 Å². The molecule has 0 unspecified atom stereocenters. The number of nitrogens with one attached hydrogen (secondary N) is 1. The molecule has 2 heterocycles. The normalized spacial score (nSPS) is 16.3. The second-order valence-electron chi connectivity index (χ2n) is 7.17. The van der Waals surface area contributed by atoms with Gasteiger partial charge in [-0.15, -0.1) is 0 Å². The van der Waals surface area contributed by atoms with Crippen molar-refractivity contribution < 1.29 is 13.9 Å². The molecule has 7 heteroatoms. The van der Waals surface area contributed by atoms with Gasteiger partial charge in [-0.3, -0.25) is 4.79 Å². The summed E-state index contributed by atoms with van der Waals surface area (Å²) in [5, 5.41) is 3.15. The lowest BCUT2D eigenvalue weighted by molar-refractivity contribution is 0.0485. The SMILES string of the molecule is CC(C)c1ncc(Cl)c(C(=O)NCC2(c3cccc(F)c3)CCOCC2)n1. The zero-order valence-corrected chi connectivity index (χ0v) is 16.2. The van der Waals surface area contributed by atoms with E-state index in [2.05, 4.69) is 15.3 Å². The highest BCUT2D eigenvalue weighted by Gasteiger charge is 2.35. The minimum atomic E-state index is -0.379. The number of aromatic nitrogens is 2. The number of nitrogens with zero attached hydrogens (tertiary/aromatic N) is 2. The van der Waals surface area contributed by atoms with Gasteiger partial charge >= 0.3 is 0 Å². The molecule has 0 atom stereocenters. The molecule has 1 aromatic carbocycles. The van der Waals surface area contributed by atoms with Gasteiger partial charge in [0, 0.05) is 31.1 Å². The molecule has 5 nitrogen and oxygen atoms in total. The summed E-state index contributed by atoms with van der Waals surface area (Å²) in [6.07, 6.45) is 2.85. The van der Waals surface area contributed by atoms with Crippen molar-refractivity contribution in [2.45, 2.75) is 38.0 Å². The van der Waals surface area contributed by atoms with E-state index >= 15 is 0 Å². The van der Waals surface area contributed by atoms with Gasteiger partial charge in [-0.05, 0) is 30.5 Å². The molecule has 144 valence electrons. The Kier molecular flexibility index (Phi) is 6.07. The van der Waals surface area contributed by atoms with Crippen LogP contribution in [0, 0.1) is 5.82 Å². The molecule has 1 aliphatic heterocycles. The summed E-state index contributed by atoms with van der Waals surface area (Å²) in [4.78, 5) is 21.2. The van der Waals surface area contributed by atoms with Gasteiger partial charge in [-0.1, -0.05) is 37.6 Å². The van der Waals surface area contributed by atoms with E-state index in [1.165, 1.54) is 18.3 Å². The van der Waals surface area contributed by atoms with Gasteiger partial charge in [0.1, 0.15) is 17.3 Å². The van der Waals surface area contributed by atoms with E-state index in [0.29, 0.717) is 38.4 Å². The maximum absolute atomic E-state index is 13.8. The quantitative estimate of drug-likeness (QED) is 0.840. The maximum atomic E-state index is 13.8. The lowest BCUT2D eigenvalue weighted by atomic mass is 9.74.